The Hall–Kier alpha value is -2.88. The van der Waals surface area contributed by atoms with Crippen LogP contribution in [-0.4, -0.2) is 77.7 Å². The molecule has 0 spiro atoms. The van der Waals surface area contributed by atoms with Crippen LogP contribution in [0.3, 0.4) is 0 Å². The van der Waals surface area contributed by atoms with Crippen LogP contribution in [-0.2, 0) is 22.4 Å². The zero-order valence-electron chi connectivity index (χ0n) is 39.3. The lowest BCUT2D eigenvalue weighted by Crippen LogP contribution is -2.47. The molecule has 10 heteroatoms. The number of nitrogens with zero attached hydrogens (tertiary/aromatic N) is 5. The van der Waals surface area contributed by atoms with Crippen LogP contribution >= 0.6 is 23.1 Å². The van der Waals surface area contributed by atoms with Gasteiger partial charge in [0.05, 0.1) is 16.8 Å². The molecule has 2 atom stereocenters. The largest absolute Gasteiger partial charge is 0.425 e. The summed E-state index contributed by atoms with van der Waals surface area (Å²) in [6, 6.07) is 12.6. The molecule has 2 aromatic carbocycles. The molecule has 0 aliphatic carbocycles. The summed E-state index contributed by atoms with van der Waals surface area (Å²) in [7, 11) is 0. The number of ether oxygens (including phenoxy) is 1. The average molecular weight is 893 g/mol. The highest BCUT2D eigenvalue weighted by Crippen LogP contribution is 2.36. The summed E-state index contributed by atoms with van der Waals surface area (Å²) in [5, 5.41) is 1.90. The monoisotopic (exact) mass is 892 g/mol. The van der Waals surface area contributed by atoms with Gasteiger partial charge in [-0.2, -0.15) is 4.37 Å². The molecule has 1 aromatic heterocycles. The van der Waals surface area contributed by atoms with E-state index in [0.29, 0.717) is 18.0 Å². The van der Waals surface area contributed by atoms with Gasteiger partial charge in [-0.05, 0) is 74.0 Å². The van der Waals surface area contributed by atoms with Crippen LogP contribution in [0.5, 0.6) is 0 Å². The topological polar surface area (TPSA) is 69.2 Å². The van der Waals surface area contributed by atoms with Gasteiger partial charge in [0, 0.05) is 55.7 Å². The summed E-state index contributed by atoms with van der Waals surface area (Å²) >= 11 is 8.53. The number of rotatable bonds is 31. The van der Waals surface area contributed by atoms with Crippen molar-refractivity contribution >= 4 is 56.7 Å². The maximum atomic E-state index is 14.0. The number of fused-ring (bicyclic) bond motifs is 2. The Kier molecular flexibility index (Phi) is 22.7. The van der Waals surface area contributed by atoms with Crippen LogP contribution in [0.15, 0.2) is 36.4 Å². The number of aromatic nitrogens is 1. The molecule has 0 radical (unpaired) electrons. The molecule has 3 aromatic rings. The number of halogens is 1. The van der Waals surface area contributed by atoms with Crippen LogP contribution < -0.4 is 9.80 Å². The molecule has 5 rings (SSSR count). The average Bonchev–Trinajstić information content (AvgIpc) is 3.85. The molecule has 346 valence electrons. The molecule has 1 saturated heterocycles. The first-order valence-corrected chi connectivity index (χ1v) is 26.4. The maximum absolute atomic E-state index is 14.0. The van der Waals surface area contributed by atoms with Crippen molar-refractivity contribution in [2.75, 3.05) is 49.1 Å². The number of amides is 2. The Balaban J connectivity index is 1.09. The van der Waals surface area contributed by atoms with Gasteiger partial charge >= 0.3 is 6.09 Å². The Morgan fingerprint density at radius 2 is 1.34 bits per heavy atom. The minimum atomic E-state index is -0.724. The van der Waals surface area contributed by atoms with Crippen molar-refractivity contribution in [3.05, 3.63) is 52.5 Å². The molecule has 1 fully saturated rings. The SMILES string of the molecule is CCCCCCCCCCCCCCN(C(=O)OC(C)N1C(=O)Cc2cc(CCN3CCN(c4nsc5ccccc45)CC3)c(Cl)cc21)C(C)CCCCCCCCCCCC. The number of benzene rings is 2. The van der Waals surface area contributed by atoms with Crippen molar-refractivity contribution < 1.29 is 14.3 Å². The van der Waals surface area contributed by atoms with Gasteiger partial charge in [-0.1, -0.05) is 178 Å². The lowest BCUT2D eigenvalue weighted by atomic mass is 10.0. The fraction of sp³-hybridized carbons (Fsp3) is 0.712. The van der Waals surface area contributed by atoms with Crippen molar-refractivity contribution in [3.63, 3.8) is 0 Å². The van der Waals surface area contributed by atoms with Crippen molar-refractivity contribution in [1.82, 2.24) is 14.2 Å². The van der Waals surface area contributed by atoms with E-state index in [0.717, 1.165) is 87.5 Å². The van der Waals surface area contributed by atoms with Gasteiger partial charge < -0.3 is 14.5 Å². The highest BCUT2D eigenvalue weighted by molar-refractivity contribution is 7.13. The first kappa shape index (κ1) is 50.1. The Bertz CT molecular complexity index is 1740. The number of hydrogen-bond donors (Lipinski definition) is 0. The number of piperazine rings is 1. The van der Waals surface area contributed by atoms with Crippen molar-refractivity contribution in [1.29, 1.82) is 0 Å². The Morgan fingerprint density at radius 1 is 0.774 bits per heavy atom. The van der Waals surface area contributed by atoms with Gasteiger partial charge in [-0.25, -0.2) is 4.79 Å². The molecule has 62 heavy (non-hydrogen) atoms. The molecule has 0 saturated carbocycles. The van der Waals surface area contributed by atoms with Gasteiger partial charge in [-0.15, -0.1) is 0 Å². The highest BCUT2D eigenvalue weighted by atomic mass is 35.5. The first-order valence-electron chi connectivity index (χ1n) is 25.2. The molecular formula is C52H82ClN5O3S. The summed E-state index contributed by atoms with van der Waals surface area (Å²) < 4.78 is 12.2. The van der Waals surface area contributed by atoms with Crippen molar-refractivity contribution in [3.8, 4) is 0 Å². The minimum Gasteiger partial charge on any atom is -0.425 e. The summed E-state index contributed by atoms with van der Waals surface area (Å²) in [6.07, 6.45) is 29.5. The highest BCUT2D eigenvalue weighted by Gasteiger charge is 2.35. The van der Waals surface area contributed by atoms with Crippen LogP contribution in [0.4, 0.5) is 16.3 Å². The fourth-order valence-electron chi connectivity index (χ4n) is 9.52. The molecule has 2 amide bonds. The minimum absolute atomic E-state index is 0.0508. The Labute approximate surface area is 385 Å². The van der Waals surface area contributed by atoms with Gasteiger partial charge in [0.25, 0.3) is 0 Å². The predicted octanol–water partition coefficient (Wildman–Crippen LogP) is 14.4. The van der Waals surface area contributed by atoms with Crippen molar-refractivity contribution in [2.24, 2.45) is 0 Å². The van der Waals surface area contributed by atoms with Gasteiger partial charge in [-0.3, -0.25) is 14.6 Å². The summed E-state index contributed by atoms with van der Waals surface area (Å²) in [6.45, 7) is 14.0. The third-order valence-corrected chi connectivity index (χ3v) is 14.6. The molecule has 2 aliphatic heterocycles. The standard InChI is InChI=1S/C52H82ClN5O3S/c1-5-7-9-11-13-15-17-18-20-22-24-28-33-57(42(3)29-25-23-21-19-16-14-12-10-8-6-2)52(60)61-43(4)58-48-41-47(53)44(39-45(48)40-50(58)59)32-34-55-35-37-56(38-36-55)51-46-30-26-27-31-49(46)62-54-51/h26-27,30-31,39,41-43H,5-25,28-29,32-38,40H2,1-4H3. The smallest absolute Gasteiger partial charge is 0.411 e. The van der Waals surface area contributed by atoms with E-state index in [9.17, 15) is 9.59 Å². The maximum Gasteiger partial charge on any atom is 0.411 e. The van der Waals surface area contributed by atoms with E-state index in [1.165, 1.54) is 132 Å². The lowest BCUT2D eigenvalue weighted by Gasteiger charge is -2.35. The van der Waals surface area contributed by atoms with Crippen LogP contribution in [0, 0.1) is 0 Å². The van der Waals surface area contributed by atoms with Crippen molar-refractivity contribution in [2.45, 2.75) is 200 Å². The third kappa shape index (κ3) is 16.0. The number of hydrogen-bond acceptors (Lipinski definition) is 7. The second-order valence-corrected chi connectivity index (χ2v) is 19.7. The number of carbonyl (C=O) groups excluding carboxylic acids is 2. The third-order valence-electron chi connectivity index (χ3n) is 13.5. The number of unbranched alkanes of at least 4 members (excludes halogenated alkanes) is 20. The molecule has 3 heterocycles. The van der Waals surface area contributed by atoms with E-state index in [-0.39, 0.29) is 18.0 Å². The second kappa shape index (κ2) is 28.1. The van der Waals surface area contributed by atoms with E-state index in [2.05, 4.69) is 60.9 Å². The first-order chi connectivity index (χ1) is 30.3. The van der Waals surface area contributed by atoms with Gasteiger partial charge in [0.15, 0.2) is 6.23 Å². The predicted molar refractivity (Wildman–Crippen MR) is 264 cm³/mol. The number of carbonyl (C=O) groups is 2. The fourth-order valence-corrected chi connectivity index (χ4v) is 10.6. The summed E-state index contributed by atoms with van der Waals surface area (Å²) in [4.78, 5) is 36.1. The quantitative estimate of drug-likeness (QED) is 0.0600. The van der Waals surface area contributed by atoms with E-state index in [1.54, 1.807) is 16.4 Å². The van der Waals surface area contributed by atoms with Gasteiger partial charge in [0.2, 0.25) is 5.91 Å². The van der Waals surface area contributed by atoms with Crippen LogP contribution in [0.2, 0.25) is 5.02 Å². The zero-order valence-corrected chi connectivity index (χ0v) is 40.9. The molecule has 2 unspecified atom stereocenters. The Morgan fingerprint density at radius 3 is 1.95 bits per heavy atom. The molecular weight excluding hydrogens is 810 g/mol. The molecule has 0 bridgehead atoms. The zero-order chi connectivity index (χ0) is 43.9. The van der Waals surface area contributed by atoms with Crippen LogP contribution in [0.1, 0.15) is 187 Å². The molecule has 8 nitrogen and oxygen atoms in total. The normalized spacial score (nSPS) is 15.4. The molecule has 2 aliphatic rings. The van der Waals surface area contributed by atoms with E-state index >= 15 is 0 Å². The summed E-state index contributed by atoms with van der Waals surface area (Å²) in [5.41, 5.74) is 2.78. The molecule has 0 N–H and O–H groups in total. The lowest BCUT2D eigenvalue weighted by molar-refractivity contribution is -0.119. The van der Waals surface area contributed by atoms with Gasteiger partial charge in [0.1, 0.15) is 5.82 Å². The van der Waals surface area contributed by atoms with Crippen LogP contribution in [0.25, 0.3) is 10.1 Å². The van der Waals surface area contributed by atoms with E-state index in [4.69, 9.17) is 20.7 Å². The number of anilines is 2. The second-order valence-electron chi connectivity index (χ2n) is 18.5. The van der Waals surface area contributed by atoms with E-state index in [1.807, 2.05) is 17.9 Å². The summed E-state index contributed by atoms with van der Waals surface area (Å²) in [5.74, 6) is 1.05. The van der Waals surface area contributed by atoms with E-state index < -0.39 is 6.23 Å².